The number of hydrogen-bond donors (Lipinski definition) is 2. The van der Waals surface area contributed by atoms with Crippen LogP contribution < -0.4 is 5.32 Å². The van der Waals surface area contributed by atoms with Crippen LogP contribution in [0.15, 0.2) is 24.4 Å². The largest absolute Gasteiger partial charge is 0.333 e. The molecule has 0 aliphatic carbocycles. The number of aromatic nitrogens is 2. The number of piperazine rings is 1. The van der Waals surface area contributed by atoms with Crippen LogP contribution in [0.2, 0.25) is 0 Å². The highest BCUT2D eigenvalue weighted by atomic mass is 35.5. The van der Waals surface area contributed by atoms with Crippen LogP contribution in [0.25, 0.3) is 10.9 Å². The first-order chi connectivity index (χ1) is 8.77. The number of benzene rings is 1. The molecule has 6 heteroatoms. The molecule has 0 spiro atoms. The molecule has 2 heterocycles. The molecule has 0 unspecified atom stereocenters. The highest BCUT2D eigenvalue weighted by Gasteiger charge is 2.25. The second-order valence-electron chi connectivity index (χ2n) is 4.69. The minimum Gasteiger partial charge on any atom is -0.333 e. The SMILES string of the molecule is C[C@H]1CNCCN1C(=O)c1cccc2cn[nH]c12.Cl. The number of para-hydroxylation sites is 1. The van der Waals surface area contributed by atoms with Gasteiger partial charge in [-0.05, 0) is 13.0 Å². The van der Waals surface area contributed by atoms with Gasteiger partial charge in [-0.3, -0.25) is 9.89 Å². The Kier molecular flexibility index (Phi) is 4.07. The summed E-state index contributed by atoms with van der Waals surface area (Å²) in [6, 6.07) is 5.94. The number of carbonyl (C=O) groups excluding carboxylic acids is 1. The number of amides is 1. The summed E-state index contributed by atoms with van der Waals surface area (Å²) in [7, 11) is 0. The molecule has 0 bridgehead atoms. The molecule has 1 aliphatic rings. The first-order valence-electron chi connectivity index (χ1n) is 6.21. The molecule has 102 valence electrons. The second-order valence-corrected chi connectivity index (χ2v) is 4.69. The van der Waals surface area contributed by atoms with E-state index >= 15 is 0 Å². The van der Waals surface area contributed by atoms with E-state index in [1.54, 1.807) is 6.20 Å². The summed E-state index contributed by atoms with van der Waals surface area (Å²) >= 11 is 0. The molecule has 0 saturated carbocycles. The molecule has 1 aliphatic heterocycles. The molecular weight excluding hydrogens is 264 g/mol. The Hall–Kier alpha value is -1.59. The van der Waals surface area contributed by atoms with Crippen molar-refractivity contribution in [2.75, 3.05) is 19.6 Å². The van der Waals surface area contributed by atoms with E-state index in [-0.39, 0.29) is 24.4 Å². The average molecular weight is 281 g/mol. The molecule has 1 fully saturated rings. The average Bonchev–Trinajstić information content (AvgIpc) is 2.86. The maximum atomic E-state index is 12.6. The van der Waals surface area contributed by atoms with Crippen LogP contribution in [-0.2, 0) is 0 Å². The zero-order valence-electron chi connectivity index (χ0n) is 10.7. The highest BCUT2D eigenvalue weighted by Crippen LogP contribution is 2.18. The van der Waals surface area contributed by atoms with Crippen molar-refractivity contribution in [2.24, 2.45) is 0 Å². The first-order valence-corrected chi connectivity index (χ1v) is 6.21. The van der Waals surface area contributed by atoms with Gasteiger partial charge in [0.15, 0.2) is 0 Å². The highest BCUT2D eigenvalue weighted by molar-refractivity contribution is 6.05. The molecule has 3 rings (SSSR count). The number of nitrogens with one attached hydrogen (secondary N) is 2. The van der Waals surface area contributed by atoms with Gasteiger partial charge in [-0.15, -0.1) is 12.4 Å². The van der Waals surface area contributed by atoms with E-state index < -0.39 is 0 Å². The van der Waals surface area contributed by atoms with E-state index in [4.69, 9.17) is 0 Å². The Labute approximate surface area is 117 Å². The van der Waals surface area contributed by atoms with E-state index in [0.717, 1.165) is 30.5 Å². The summed E-state index contributed by atoms with van der Waals surface area (Å²) in [5.74, 6) is 0.0823. The van der Waals surface area contributed by atoms with Gasteiger partial charge >= 0.3 is 0 Å². The van der Waals surface area contributed by atoms with Crippen LogP contribution in [0.3, 0.4) is 0 Å². The van der Waals surface area contributed by atoms with Crippen LogP contribution in [0, 0.1) is 0 Å². The fourth-order valence-electron chi connectivity index (χ4n) is 2.44. The summed E-state index contributed by atoms with van der Waals surface area (Å²) in [4.78, 5) is 14.5. The summed E-state index contributed by atoms with van der Waals surface area (Å²) in [5, 5.41) is 11.2. The van der Waals surface area contributed by atoms with Gasteiger partial charge in [-0.1, -0.05) is 12.1 Å². The molecule has 5 nitrogen and oxygen atoms in total. The van der Waals surface area contributed by atoms with Crippen LogP contribution >= 0.6 is 12.4 Å². The molecule has 1 aromatic carbocycles. The number of hydrogen-bond acceptors (Lipinski definition) is 3. The van der Waals surface area contributed by atoms with Crippen molar-refractivity contribution < 1.29 is 4.79 Å². The molecule has 1 atom stereocenters. The lowest BCUT2D eigenvalue weighted by Crippen LogP contribution is -2.52. The first kappa shape index (κ1) is 13.8. The van der Waals surface area contributed by atoms with E-state index in [2.05, 4.69) is 22.4 Å². The van der Waals surface area contributed by atoms with Crippen molar-refractivity contribution in [1.29, 1.82) is 0 Å². The minimum atomic E-state index is 0. The number of carbonyl (C=O) groups is 1. The molecular formula is C13H17ClN4O. The lowest BCUT2D eigenvalue weighted by molar-refractivity contribution is 0.0657. The third kappa shape index (κ3) is 2.43. The van der Waals surface area contributed by atoms with E-state index in [0.29, 0.717) is 5.56 Å². The summed E-state index contributed by atoms with van der Waals surface area (Å²) < 4.78 is 0. The van der Waals surface area contributed by atoms with Crippen molar-refractivity contribution in [3.63, 3.8) is 0 Å². The molecule has 1 saturated heterocycles. The monoisotopic (exact) mass is 280 g/mol. The molecule has 2 aromatic rings. The summed E-state index contributed by atoms with van der Waals surface area (Å²) in [6.45, 7) is 4.53. The smallest absolute Gasteiger partial charge is 0.256 e. The van der Waals surface area contributed by atoms with Crippen molar-refractivity contribution >= 4 is 29.2 Å². The number of halogens is 1. The quantitative estimate of drug-likeness (QED) is 0.830. The van der Waals surface area contributed by atoms with Gasteiger partial charge in [0.2, 0.25) is 0 Å². The Bertz CT molecular complexity index is 583. The Morgan fingerprint density at radius 2 is 2.32 bits per heavy atom. The maximum Gasteiger partial charge on any atom is 0.256 e. The van der Waals surface area contributed by atoms with E-state index in [1.807, 2.05) is 23.1 Å². The summed E-state index contributed by atoms with van der Waals surface area (Å²) in [6.07, 6.45) is 1.74. The van der Waals surface area contributed by atoms with E-state index in [1.165, 1.54) is 0 Å². The van der Waals surface area contributed by atoms with Crippen molar-refractivity contribution in [3.8, 4) is 0 Å². The molecule has 1 aromatic heterocycles. The topological polar surface area (TPSA) is 61.0 Å². The number of fused-ring (bicyclic) bond motifs is 1. The van der Waals surface area contributed by atoms with Gasteiger partial charge in [-0.25, -0.2) is 0 Å². The van der Waals surface area contributed by atoms with Gasteiger partial charge in [-0.2, -0.15) is 5.10 Å². The maximum absolute atomic E-state index is 12.6. The fraction of sp³-hybridized carbons (Fsp3) is 0.385. The van der Waals surface area contributed by atoms with Crippen molar-refractivity contribution in [1.82, 2.24) is 20.4 Å². The van der Waals surface area contributed by atoms with E-state index in [9.17, 15) is 4.79 Å². The number of rotatable bonds is 1. The van der Waals surface area contributed by atoms with Crippen LogP contribution in [0.4, 0.5) is 0 Å². The number of aromatic amines is 1. The number of H-pyrrole nitrogens is 1. The lowest BCUT2D eigenvalue weighted by Gasteiger charge is -2.34. The molecule has 1 amide bonds. The van der Waals surface area contributed by atoms with Crippen molar-refractivity contribution in [2.45, 2.75) is 13.0 Å². The Morgan fingerprint density at radius 1 is 1.47 bits per heavy atom. The normalized spacial score (nSPS) is 19.2. The third-order valence-corrected chi connectivity index (χ3v) is 3.47. The van der Waals surface area contributed by atoms with Gasteiger partial charge < -0.3 is 10.2 Å². The fourth-order valence-corrected chi connectivity index (χ4v) is 2.44. The predicted octanol–water partition coefficient (Wildman–Crippen LogP) is 1.42. The van der Waals surface area contributed by atoms with Gasteiger partial charge in [0.25, 0.3) is 5.91 Å². The number of nitrogens with zero attached hydrogens (tertiary/aromatic N) is 2. The van der Waals surface area contributed by atoms with Crippen LogP contribution in [0.1, 0.15) is 17.3 Å². The zero-order chi connectivity index (χ0) is 12.5. The third-order valence-electron chi connectivity index (χ3n) is 3.47. The van der Waals surface area contributed by atoms with Gasteiger partial charge in [0, 0.05) is 31.1 Å². The lowest BCUT2D eigenvalue weighted by atomic mass is 10.1. The Morgan fingerprint density at radius 3 is 3.11 bits per heavy atom. The minimum absolute atomic E-state index is 0. The second kappa shape index (κ2) is 5.59. The van der Waals surface area contributed by atoms with Crippen molar-refractivity contribution in [3.05, 3.63) is 30.0 Å². The van der Waals surface area contributed by atoms with Crippen LogP contribution in [-0.4, -0.2) is 46.7 Å². The van der Waals surface area contributed by atoms with Gasteiger partial charge in [0.05, 0.1) is 17.3 Å². The van der Waals surface area contributed by atoms with Gasteiger partial charge in [0.1, 0.15) is 0 Å². The summed E-state index contributed by atoms with van der Waals surface area (Å²) in [5.41, 5.74) is 1.53. The molecule has 2 N–H and O–H groups in total. The van der Waals surface area contributed by atoms with Crippen LogP contribution in [0.5, 0.6) is 0 Å². The molecule has 0 radical (unpaired) electrons. The standard InChI is InChI=1S/C13H16N4O.ClH/c1-9-7-14-5-6-17(9)13(18)11-4-2-3-10-8-15-16-12(10)11;/h2-4,8-9,14H,5-7H2,1H3,(H,15,16);1H/t9-;/m0./s1. The zero-order valence-corrected chi connectivity index (χ0v) is 11.5. The Balaban J connectivity index is 0.00000133. The molecule has 19 heavy (non-hydrogen) atoms. The predicted molar refractivity (Wildman–Crippen MR) is 76.7 cm³/mol.